The van der Waals surface area contributed by atoms with Gasteiger partial charge in [-0.3, -0.25) is 4.79 Å². The van der Waals surface area contributed by atoms with Crippen LogP contribution in [0.2, 0.25) is 0 Å². The van der Waals surface area contributed by atoms with Crippen LogP contribution in [0.15, 0.2) is 30.6 Å². The standard InChI is InChI=1S/C24H34N4O3/c1-16-21(28(5)15-25-16)18-11-13-19(14-12-18)26-22(29)20(17-9-7-6-8-10-17)27-23(30)31-24(2,3)4/h11-15,17,20H,6-10H2,1-5H3,(H,26,29)(H,27,30). The minimum atomic E-state index is -0.617. The molecule has 1 aromatic heterocycles. The SMILES string of the molecule is Cc1ncn(C)c1-c1ccc(NC(=O)C(NC(=O)OC(C)(C)C)C2CCCCC2)cc1. The molecule has 0 bridgehead atoms. The van der Waals surface area contributed by atoms with Gasteiger partial charge in [0.2, 0.25) is 5.91 Å². The second-order valence-corrected chi connectivity index (χ2v) is 9.38. The molecule has 2 N–H and O–H groups in total. The molecular weight excluding hydrogens is 392 g/mol. The Labute approximate surface area is 184 Å². The van der Waals surface area contributed by atoms with E-state index in [4.69, 9.17) is 4.74 Å². The van der Waals surface area contributed by atoms with Gasteiger partial charge in [0.05, 0.1) is 17.7 Å². The monoisotopic (exact) mass is 426 g/mol. The Balaban J connectivity index is 1.72. The summed E-state index contributed by atoms with van der Waals surface area (Å²) in [7, 11) is 1.96. The number of anilines is 1. The number of aromatic nitrogens is 2. The Morgan fingerprint density at radius 2 is 1.77 bits per heavy atom. The molecule has 1 atom stereocenters. The highest BCUT2D eigenvalue weighted by atomic mass is 16.6. The summed E-state index contributed by atoms with van der Waals surface area (Å²) in [6.45, 7) is 7.41. The highest BCUT2D eigenvalue weighted by molar-refractivity contribution is 5.97. The van der Waals surface area contributed by atoms with Gasteiger partial charge in [0.25, 0.3) is 0 Å². The maximum Gasteiger partial charge on any atom is 0.408 e. The summed E-state index contributed by atoms with van der Waals surface area (Å²) in [6, 6.07) is 7.08. The lowest BCUT2D eigenvalue weighted by Gasteiger charge is -2.31. The van der Waals surface area contributed by atoms with Crippen LogP contribution >= 0.6 is 0 Å². The maximum atomic E-state index is 13.1. The highest BCUT2D eigenvalue weighted by Crippen LogP contribution is 2.28. The van der Waals surface area contributed by atoms with Gasteiger partial charge in [0.15, 0.2) is 0 Å². The number of alkyl carbamates (subject to hydrolysis) is 1. The van der Waals surface area contributed by atoms with Crippen LogP contribution in [0.5, 0.6) is 0 Å². The van der Waals surface area contributed by atoms with E-state index in [1.807, 2.05) is 63.6 Å². The maximum absolute atomic E-state index is 13.1. The first kappa shape index (κ1) is 22.8. The Bertz CT molecular complexity index is 886. The molecule has 0 aliphatic heterocycles. The van der Waals surface area contributed by atoms with Crippen LogP contribution in [-0.4, -0.2) is 33.2 Å². The molecule has 31 heavy (non-hydrogen) atoms. The molecule has 1 aliphatic rings. The minimum absolute atomic E-state index is 0.109. The number of imidazole rings is 1. The lowest BCUT2D eigenvalue weighted by molar-refractivity contribution is -0.119. The number of carbonyl (C=O) groups excluding carboxylic acids is 2. The van der Waals surface area contributed by atoms with Gasteiger partial charge in [-0.05, 0) is 58.6 Å². The first-order valence-electron chi connectivity index (χ1n) is 11.0. The van der Waals surface area contributed by atoms with Crippen LogP contribution in [0.4, 0.5) is 10.5 Å². The van der Waals surface area contributed by atoms with Crippen LogP contribution in [0.3, 0.4) is 0 Å². The van der Waals surface area contributed by atoms with Crippen molar-refractivity contribution in [2.24, 2.45) is 13.0 Å². The van der Waals surface area contributed by atoms with Gasteiger partial charge in [-0.2, -0.15) is 0 Å². The molecule has 0 saturated heterocycles. The van der Waals surface area contributed by atoms with E-state index in [1.165, 1.54) is 6.42 Å². The van der Waals surface area contributed by atoms with Gasteiger partial charge in [-0.15, -0.1) is 0 Å². The van der Waals surface area contributed by atoms with Crippen molar-refractivity contribution in [2.75, 3.05) is 5.32 Å². The molecule has 3 rings (SSSR count). The Morgan fingerprint density at radius 3 is 2.32 bits per heavy atom. The van der Waals surface area contributed by atoms with E-state index in [9.17, 15) is 9.59 Å². The van der Waals surface area contributed by atoms with E-state index in [-0.39, 0.29) is 11.8 Å². The molecule has 2 amide bonds. The number of hydrogen-bond donors (Lipinski definition) is 2. The molecular formula is C24H34N4O3. The molecule has 1 fully saturated rings. The van der Waals surface area contributed by atoms with Gasteiger partial charge >= 0.3 is 6.09 Å². The van der Waals surface area contributed by atoms with Crippen molar-refractivity contribution in [1.82, 2.24) is 14.9 Å². The fourth-order valence-corrected chi connectivity index (χ4v) is 4.19. The second-order valence-electron chi connectivity index (χ2n) is 9.38. The molecule has 168 valence electrons. The number of hydrogen-bond acceptors (Lipinski definition) is 4. The minimum Gasteiger partial charge on any atom is -0.444 e. The van der Waals surface area contributed by atoms with Crippen LogP contribution < -0.4 is 10.6 Å². The zero-order chi connectivity index (χ0) is 22.6. The summed E-state index contributed by atoms with van der Waals surface area (Å²) < 4.78 is 7.38. The summed E-state index contributed by atoms with van der Waals surface area (Å²) >= 11 is 0. The number of aryl methyl sites for hydroxylation is 2. The Morgan fingerprint density at radius 1 is 1.13 bits per heavy atom. The summed E-state index contributed by atoms with van der Waals surface area (Å²) in [5, 5.41) is 5.80. The van der Waals surface area contributed by atoms with Crippen molar-refractivity contribution in [1.29, 1.82) is 0 Å². The van der Waals surface area contributed by atoms with Gasteiger partial charge in [0, 0.05) is 18.3 Å². The molecule has 1 saturated carbocycles. The molecule has 1 unspecified atom stereocenters. The predicted molar refractivity (Wildman–Crippen MR) is 122 cm³/mol. The zero-order valence-electron chi connectivity index (χ0n) is 19.2. The number of rotatable bonds is 5. The van der Waals surface area contributed by atoms with Crippen LogP contribution in [0.1, 0.15) is 58.6 Å². The van der Waals surface area contributed by atoms with Crippen LogP contribution in [0, 0.1) is 12.8 Å². The lowest BCUT2D eigenvalue weighted by Crippen LogP contribution is -2.50. The largest absolute Gasteiger partial charge is 0.444 e. The van der Waals surface area contributed by atoms with E-state index >= 15 is 0 Å². The van der Waals surface area contributed by atoms with E-state index < -0.39 is 17.7 Å². The van der Waals surface area contributed by atoms with Crippen molar-refractivity contribution in [3.8, 4) is 11.3 Å². The molecule has 1 aliphatic carbocycles. The number of nitrogens with one attached hydrogen (secondary N) is 2. The Hall–Kier alpha value is -2.83. The fourth-order valence-electron chi connectivity index (χ4n) is 4.19. The summed E-state index contributed by atoms with van der Waals surface area (Å²) in [6.07, 6.45) is 6.40. The van der Waals surface area contributed by atoms with E-state index in [1.54, 1.807) is 6.33 Å². The van der Waals surface area contributed by atoms with E-state index in [0.717, 1.165) is 42.6 Å². The van der Waals surface area contributed by atoms with Gasteiger partial charge in [-0.1, -0.05) is 31.4 Å². The summed E-state index contributed by atoms with van der Waals surface area (Å²) in [5.74, 6) is -0.0974. The first-order chi connectivity index (χ1) is 14.6. The first-order valence-corrected chi connectivity index (χ1v) is 11.0. The van der Waals surface area contributed by atoms with E-state index in [0.29, 0.717) is 5.69 Å². The molecule has 1 aromatic carbocycles. The van der Waals surface area contributed by atoms with Crippen LogP contribution in [-0.2, 0) is 16.6 Å². The third-order valence-electron chi connectivity index (χ3n) is 5.62. The third kappa shape index (κ3) is 6.09. The number of benzene rings is 1. The van der Waals surface area contributed by atoms with Gasteiger partial charge in [0.1, 0.15) is 11.6 Å². The number of ether oxygens (including phenoxy) is 1. The van der Waals surface area contributed by atoms with Gasteiger partial charge in [-0.25, -0.2) is 9.78 Å². The van der Waals surface area contributed by atoms with Crippen molar-refractivity contribution >= 4 is 17.7 Å². The number of carbonyl (C=O) groups is 2. The van der Waals surface area contributed by atoms with Crippen molar-refractivity contribution in [3.05, 3.63) is 36.3 Å². The zero-order valence-corrected chi connectivity index (χ0v) is 19.2. The fraction of sp³-hybridized carbons (Fsp3) is 0.542. The average Bonchev–Trinajstić information content (AvgIpc) is 3.04. The van der Waals surface area contributed by atoms with Crippen molar-refractivity contribution in [3.63, 3.8) is 0 Å². The molecule has 1 heterocycles. The normalized spacial score (nSPS) is 15.9. The smallest absolute Gasteiger partial charge is 0.408 e. The molecule has 7 nitrogen and oxygen atoms in total. The summed E-state index contributed by atoms with van der Waals surface area (Å²) in [4.78, 5) is 29.9. The third-order valence-corrected chi connectivity index (χ3v) is 5.62. The number of nitrogens with zero attached hydrogens (tertiary/aromatic N) is 2. The van der Waals surface area contributed by atoms with Crippen molar-refractivity contribution in [2.45, 2.75) is 71.4 Å². The topological polar surface area (TPSA) is 85.3 Å². The van der Waals surface area contributed by atoms with Crippen molar-refractivity contribution < 1.29 is 14.3 Å². The second kappa shape index (κ2) is 9.54. The average molecular weight is 427 g/mol. The van der Waals surface area contributed by atoms with Crippen LogP contribution in [0.25, 0.3) is 11.3 Å². The highest BCUT2D eigenvalue weighted by Gasteiger charge is 2.32. The Kier molecular flexibility index (Phi) is 7.03. The molecule has 7 heteroatoms. The quantitative estimate of drug-likeness (QED) is 0.719. The number of amides is 2. The molecule has 2 aromatic rings. The predicted octanol–water partition coefficient (Wildman–Crippen LogP) is 4.81. The summed E-state index contributed by atoms with van der Waals surface area (Å²) in [5.41, 5.74) is 3.12. The molecule has 0 spiro atoms. The molecule has 0 radical (unpaired) electrons. The lowest BCUT2D eigenvalue weighted by atomic mass is 9.83. The van der Waals surface area contributed by atoms with Gasteiger partial charge < -0.3 is 19.9 Å². The van der Waals surface area contributed by atoms with E-state index in [2.05, 4.69) is 15.6 Å².